The molecule has 0 spiro atoms. The number of esters is 3. The first-order valence-corrected chi connectivity index (χ1v) is 14.1. The highest BCUT2D eigenvalue weighted by molar-refractivity contribution is 5.69. The van der Waals surface area contributed by atoms with Crippen LogP contribution in [0.15, 0.2) is 0 Å². The molecule has 0 amide bonds. The number of fused-ring (bicyclic) bond motifs is 5. The maximum Gasteiger partial charge on any atom is 0.305 e. The van der Waals surface area contributed by atoms with Crippen molar-refractivity contribution in [3.05, 3.63) is 0 Å². The van der Waals surface area contributed by atoms with Crippen LogP contribution in [0.2, 0.25) is 0 Å². The van der Waals surface area contributed by atoms with Crippen molar-refractivity contribution < 1.29 is 38.8 Å². The van der Waals surface area contributed by atoms with E-state index in [-0.39, 0.29) is 76.5 Å². The highest BCUT2D eigenvalue weighted by Crippen LogP contribution is 2.69. The maximum atomic E-state index is 12.3. The summed E-state index contributed by atoms with van der Waals surface area (Å²) in [6.45, 7) is 9.46. The topological polar surface area (TPSA) is 119 Å². The van der Waals surface area contributed by atoms with Gasteiger partial charge in [0.15, 0.2) is 0 Å². The molecule has 12 atom stereocenters. The zero-order chi connectivity index (χ0) is 27.3. The quantitative estimate of drug-likeness (QED) is 0.401. The Kier molecular flexibility index (Phi) is 8.03. The minimum Gasteiger partial charge on any atom is -0.469 e. The molecule has 4 aliphatic rings. The summed E-state index contributed by atoms with van der Waals surface area (Å²) in [6.07, 6.45) is 3.24. The molecule has 210 valence electrons. The number of carbonyl (C=O) groups excluding carboxylic acids is 3. The second-order valence-corrected chi connectivity index (χ2v) is 12.9. The zero-order valence-corrected chi connectivity index (χ0v) is 23.3. The average molecular weight is 523 g/mol. The zero-order valence-electron chi connectivity index (χ0n) is 23.3. The Balaban J connectivity index is 1.66. The first-order valence-electron chi connectivity index (χ1n) is 14.1. The van der Waals surface area contributed by atoms with Gasteiger partial charge in [0, 0.05) is 25.7 Å². The summed E-state index contributed by atoms with van der Waals surface area (Å²) in [5.74, 6) is -0.515. The van der Waals surface area contributed by atoms with E-state index in [9.17, 15) is 24.6 Å². The highest BCUT2D eigenvalue weighted by atomic mass is 16.5. The Labute approximate surface area is 220 Å². The number of hydrogen-bond donors (Lipinski definition) is 2. The van der Waals surface area contributed by atoms with E-state index in [1.807, 2.05) is 0 Å². The minimum absolute atomic E-state index is 0.0840. The first kappa shape index (κ1) is 28.3. The molecule has 0 aromatic rings. The van der Waals surface area contributed by atoms with Gasteiger partial charge in [-0.1, -0.05) is 20.8 Å². The summed E-state index contributed by atoms with van der Waals surface area (Å²) in [5.41, 5.74) is -0.616. The van der Waals surface area contributed by atoms with Crippen molar-refractivity contribution in [2.45, 2.75) is 110 Å². The summed E-state index contributed by atoms with van der Waals surface area (Å²) in [7, 11) is 1.40. The number of hydrogen-bond acceptors (Lipinski definition) is 8. The Morgan fingerprint density at radius 3 is 2.22 bits per heavy atom. The van der Waals surface area contributed by atoms with Crippen molar-refractivity contribution in [3.8, 4) is 0 Å². The standard InChI is InChI=1S/C29H46O8/c1-15(7-10-24(32)35-6)19-8-9-20-25-21(14-23(29(19,20)5)37-17(3)31)28(4)12-11-18(36-16(2)30)13-22(28)26(33)27(25)34/h15,18-23,25-27,33-34H,7-14H2,1-6H3/t15-,18-,19+,20-,21-,22-,23-,25+,26-,27+,28+,29+/m0/s1. The smallest absolute Gasteiger partial charge is 0.305 e. The highest BCUT2D eigenvalue weighted by Gasteiger charge is 2.68. The fourth-order valence-corrected chi connectivity index (χ4v) is 9.49. The number of rotatable bonds is 6. The molecule has 2 N–H and O–H groups in total. The Bertz CT molecular complexity index is 889. The molecule has 0 saturated heterocycles. The number of aliphatic hydroxyl groups excluding tert-OH is 2. The first-order chi connectivity index (χ1) is 17.3. The number of aliphatic hydroxyl groups is 2. The molecule has 8 heteroatoms. The predicted octanol–water partition coefficient (Wildman–Crippen LogP) is 3.65. The van der Waals surface area contributed by atoms with Crippen LogP contribution in [0, 0.1) is 46.3 Å². The summed E-state index contributed by atoms with van der Waals surface area (Å²) >= 11 is 0. The van der Waals surface area contributed by atoms with Gasteiger partial charge < -0.3 is 24.4 Å². The van der Waals surface area contributed by atoms with Gasteiger partial charge in [0.1, 0.15) is 12.2 Å². The van der Waals surface area contributed by atoms with E-state index in [0.29, 0.717) is 25.7 Å². The molecule has 4 rings (SSSR count). The van der Waals surface area contributed by atoms with Crippen LogP contribution in [-0.2, 0) is 28.6 Å². The third-order valence-electron chi connectivity index (χ3n) is 11.2. The van der Waals surface area contributed by atoms with Crippen LogP contribution in [0.5, 0.6) is 0 Å². The van der Waals surface area contributed by atoms with Gasteiger partial charge in [-0.05, 0) is 85.9 Å². The number of methoxy groups -OCH3 is 1. The fourth-order valence-electron chi connectivity index (χ4n) is 9.49. The van der Waals surface area contributed by atoms with Crippen LogP contribution >= 0.6 is 0 Å². The summed E-state index contributed by atoms with van der Waals surface area (Å²) in [6, 6.07) is 0. The largest absolute Gasteiger partial charge is 0.469 e. The molecule has 4 fully saturated rings. The predicted molar refractivity (Wildman–Crippen MR) is 135 cm³/mol. The van der Waals surface area contributed by atoms with Crippen molar-refractivity contribution >= 4 is 17.9 Å². The van der Waals surface area contributed by atoms with Crippen LogP contribution < -0.4 is 0 Å². The molecule has 4 aliphatic carbocycles. The van der Waals surface area contributed by atoms with Crippen molar-refractivity contribution in [2.75, 3.05) is 7.11 Å². The van der Waals surface area contributed by atoms with Gasteiger partial charge in [0.05, 0.1) is 19.3 Å². The molecule has 0 bridgehead atoms. The Hall–Kier alpha value is -1.67. The number of carbonyl (C=O) groups is 3. The van der Waals surface area contributed by atoms with E-state index in [2.05, 4.69) is 20.8 Å². The molecule has 8 nitrogen and oxygen atoms in total. The lowest BCUT2D eigenvalue weighted by Crippen LogP contribution is -2.67. The van der Waals surface area contributed by atoms with Gasteiger partial charge in [-0.25, -0.2) is 0 Å². The Morgan fingerprint density at radius 1 is 0.919 bits per heavy atom. The summed E-state index contributed by atoms with van der Waals surface area (Å²) in [5, 5.41) is 23.1. The minimum atomic E-state index is -0.894. The fraction of sp³-hybridized carbons (Fsp3) is 0.897. The SMILES string of the molecule is COC(=O)CC[C@H](C)[C@H]1CC[C@H]2[C@H]3[C@@H](O)[C@@H](O)[C@@H]4C[C@@H](OC(C)=O)CC[C@]4(C)[C@H]3C[C@H](OC(C)=O)[C@]12C. The van der Waals surface area contributed by atoms with E-state index in [1.54, 1.807) is 0 Å². The normalized spacial score (nSPS) is 45.6. The lowest BCUT2D eigenvalue weighted by Gasteiger charge is -2.65. The van der Waals surface area contributed by atoms with Crippen LogP contribution in [0.25, 0.3) is 0 Å². The van der Waals surface area contributed by atoms with E-state index in [4.69, 9.17) is 14.2 Å². The lowest BCUT2D eigenvalue weighted by atomic mass is 9.42. The molecule has 0 heterocycles. The van der Waals surface area contributed by atoms with E-state index < -0.39 is 12.2 Å². The molecular weight excluding hydrogens is 476 g/mol. The molecule has 0 unspecified atom stereocenters. The molecular formula is C29H46O8. The maximum absolute atomic E-state index is 12.3. The molecule has 4 saturated carbocycles. The van der Waals surface area contributed by atoms with Gasteiger partial charge in [-0.15, -0.1) is 0 Å². The van der Waals surface area contributed by atoms with Crippen molar-refractivity contribution in [2.24, 2.45) is 46.3 Å². The van der Waals surface area contributed by atoms with Crippen LogP contribution in [0.3, 0.4) is 0 Å². The summed E-state index contributed by atoms with van der Waals surface area (Å²) < 4.78 is 16.5. The van der Waals surface area contributed by atoms with Crippen molar-refractivity contribution in [1.29, 1.82) is 0 Å². The van der Waals surface area contributed by atoms with Crippen molar-refractivity contribution in [3.63, 3.8) is 0 Å². The third kappa shape index (κ3) is 4.81. The third-order valence-corrected chi connectivity index (χ3v) is 11.2. The molecule has 0 aliphatic heterocycles. The second-order valence-electron chi connectivity index (χ2n) is 12.9. The average Bonchev–Trinajstić information content (AvgIpc) is 3.19. The van der Waals surface area contributed by atoms with E-state index in [0.717, 1.165) is 25.7 Å². The Morgan fingerprint density at radius 2 is 1.59 bits per heavy atom. The van der Waals surface area contributed by atoms with Gasteiger partial charge in [-0.2, -0.15) is 0 Å². The second kappa shape index (κ2) is 10.5. The molecule has 0 aromatic heterocycles. The molecule has 37 heavy (non-hydrogen) atoms. The van der Waals surface area contributed by atoms with Gasteiger partial charge >= 0.3 is 17.9 Å². The molecule has 0 aromatic carbocycles. The number of ether oxygens (including phenoxy) is 3. The van der Waals surface area contributed by atoms with Crippen molar-refractivity contribution in [1.82, 2.24) is 0 Å². The van der Waals surface area contributed by atoms with Gasteiger partial charge in [0.25, 0.3) is 0 Å². The van der Waals surface area contributed by atoms with Crippen LogP contribution in [0.1, 0.15) is 86.0 Å². The summed E-state index contributed by atoms with van der Waals surface area (Å²) in [4.78, 5) is 35.8. The van der Waals surface area contributed by atoms with E-state index in [1.165, 1.54) is 21.0 Å². The van der Waals surface area contributed by atoms with Crippen LogP contribution in [0.4, 0.5) is 0 Å². The van der Waals surface area contributed by atoms with Gasteiger partial charge in [0.2, 0.25) is 0 Å². The molecule has 0 radical (unpaired) electrons. The lowest BCUT2D eigenvalue weighted by molar-refractivity contribution is -0.248. The van der Waals surface area contributed by atoms with Gasteiger partial charge in [-0.3, -0.25) is 14.4 Å². The monoisotopic (exact) mass is 522 g/mol. The van der Waals surface area contributed by atoms with Crippen LogP contribution in [-0.4, -0.2) is 59.6 Å². The van der Waals surface area contributed by atoms with E-state index >= 15 is 0 Å².